The molecule has 0 aromatic heterocycles. The first-order chi connectivity index (χ1) is 33.5. The Morgan fingerprint density at radius 3 is 1.28 bits per heavy atom. The molecule has 0 fully saturated rings. The van der Waals surface area contributed by atoms with Crippen LogP contribution in [0.25, 0.3) is 0 Å². The second-order valence-electron chi connectivity index (χ2n) is 19.9. The molecule has 398 valence electrons. The molecule has 0 aliphatic rings. The van der Waals surface area contributed by atoms with Gasteiger partial charge in [-0.1, -0.05) is 239 Å². The fourth-order valence-corrected chi connectivity index (χ4v) is 8.40. The molecule has 3 atom stereocenters. The molecule has 0 bridgehead atoms. The lowest BCUT2D eigenvalue weighted by Gasteiger charge is -2.25. The summed E-state index contributed by atoms with van der Waals surface area (Å²) in [6, 6.07) is -0.860. The number of allylic oxidation sites excluding steroid dienone is 15. The number of unbranched alkanes of at least 4 members (excludes halogenated alkanes) is 23. The number of carbonyl (C=O) groups is 1. The third kappa shape index (κ3) is 53.1. The lowest BCUT2D eigenvalue weighted by atomic mass is 10.0. The molecule has 0 aliphatic carbocycles. The summed E-state index contributed by atoms with van der Waals surface area (Å²) in [5, 5.41) is 13.9. The maximum Gasteiger partial charge on any atom is 0.472 e. The van der Waals surface area contributed by atoms with Gasteiger partial charge in [0.2, 0.25) is 5.91 Å². The van der Waals surface area contributed by atoms with Gasteiger partial charge in [-0.3, -0.25) is 13.8 Å². The molecule has 0 aromatic rings. The Hall–Kier alpha value is -2.58. The van der Waals surface area contributed by atoms with Gasteiger partial charge in [0.15, 0.2) is 0 Å². The molecule has 0 aromatic carbocycles. The molecular formula is C60H108N2O6P+. The molecule has 69 heavy (non-hydrogen) atoms. The maximum absolute atomic E-state index is 13.0. The van der Waals surface area contributed by atoms with Crippen molar-refractivity contribution >= 4 is 13.7 Å². The zero-order chi connectivity index (χ0) is 50.6. The van der Waals surface area contributed by atoms with Gasteiger partial charge >= 0.3 is 7.82 Å². The number of phosphoric acid groups is 1. The summed E-state index contributed by atoms with van der Waals surface area (Å²) < 4.78 is 23.7. The number of hydrogen-bond donors (Lipinski definition) is 3. The summed E-state index contributed by atoms with van der Waals surface area (Å²) in [6.45, 7) is 4.69. The number of rotatable bonds is 50. The third-order valence-electron chi connectivity index (χ3n) is 12.1. The van der Waals surface area contributed by atoms with Gasteiger partial charge < -0.3 is 19.8 Å². The van der Waals surface area contributed by atoms with Gasteiger partial charge in [0.1, 0.15) is 13.2 Å². The molecule has 1 amide bonds. The van der Waals surface area contributed by atoms with Crippen molar-refractivity contribution in [3.05, 3.63) is 97.2 Å². The number of quaternary nitrogens is 1. The van der Waals surface area contributed by atoms with E-state index in [9.17, 15) is 19.4 Å². The molecule has 0 saturated carbocycles. The van der Waals surface area contributed by atoms with Crippen molar-refractivity contribution in [2.24, 2.45) is 0 Å². The van der Waals surface area contributed by atoms with Crippen molar-refractivity contribution < 1.29 is 32.9 Å². The van der Waals surface area contributed by atoms with Crippen LogP contribution in [-0.4, -0.2) is 73.4 Å². The van der Waals surface area contributed by atoms with E-state index in [4.69, 9.17) is 9.05 Å². The fourth-order valence-electron chi connectivity index (χ4n) is 7.67. The molecule has 0 rings (SSSR count). The average molecular weight is 985 g/mol. The van der Waals surface area contributed by atoms with E-state index in [2.05, 4.69) is 104 Å². The van der Waals surface area contributed by atoms with Gasteiger partial charge in [-0.05, 0) is 77.0 Å². The highest BCUT2D eigenvalue weighted by Gasteiger charge is 2.27. The monoisotopic (exact) mass is 984 g/mol. The molecule has 0 spiro atoms. The Morgan fingerprint density at radius 1 is 0.507 bits per heavy atom. The molecule has 3 unspecified atom stereocenters. The maximum atomic E-state index is 13.0. The van der Waals surface area contributed by atoms with Crippen molar-refractivity contribution in [2.75, 3.05) is 40.9 Å². The van der Waals surface area contributed by atoms with Crippen LogP contribution in [0.3, 0.4) is 0 Å². The molecule has 3 N–H and O–H groups in total. The van der Waals surface area contributed by atoms with Crippen LogP contribution in [0.1, 0.15) is 226 Å². The number of aliphatic hydroxyl groups excluding tert-OH is 1. The summed E-state index contributed by atoms with van der Waals surface area (Å²) in [7, 11) is 1.55. The number of aliphatic hydroxyl groups is 1. The van der Waals surface area contributed by atoms with Crippen LogP contribution in [0.15, 0.2) is 97.2 Å². The van der Waals surface area contributed by atoms with E-state index >= 15 is 0 Å². The van der Waals surface area contributed by atoms with Crippen LogP contribution in [0.5, 0.6) is 0 Å². The normalized spacial score (nSPS) is 14.7. The van der Waals surface area contributed by atoms with Crippen molar-refractivity contribution in [1.29, 1.82) is 0 Å². The Kier molecular flexibility index (Phi) is 48.5. The smallest absolute Gasteiger partial charge is 0.387 e. The SMILES string of the molecule is CC/C=C\C/C=C\C/C=C\C/C=C\C/C=C\C/C=C\C/C=C\CCCCCCCCCC(=O)NC(COP(=O)(O)OCC[N+](C)(C)C)C(O)/C=C/CCCCCCCCCCCCCCCCCC. The van der Waals surface area contributed by atoms with Crippen LogP contribution in [0, 0.1) is 0 Å². The molecule has 9 heteroatoms. The summed E-state index contributed by atoms with van der Waals surface area (Å²) >= 11 is 0. The Labute approximate surface area is 426 Å². The summed E-state index contributed by atoms with van der Waals surface area (Å²) in [6.07, 6.45) is 72.1. The Balaban J connectivity index is 4.28. The lowest BCUT2D eigenvalue weighted by Crippen LogP contribution is -2.45. The number of phosphoric ester groups is 1. The van der Waals surface area contributed by atoms with E-state index in [1.807, 2.05) is 27.2 Å². The largest absolute Gasteiger partial charge is 0.472 e. The van der Waals surface area contributed by atoms with Crippen molar-refractivity contribution in [2.45, 2.75) is 238 Å². The highest BCUT2D eigenvalue weighted by atomic mass is 31.2. The van der Waals surface area contributed by atoms with Gasteiger partial charge in [0.05, 0.1) is 39.9 Å². The number of nitrogens with zero attached hydrogens (tertiary/aromatic N) is 1. The topological polar surface area (TPSA) is 105 Å². The van der Waals surface area contributed by atoms with E-state index in [0.29, 0.717) is 17.4 Å². The quantitative estimate of drug-likeness (QED) is 0.0243. The second kappa shape index (κ2) is 50.4. The standard InChI is InChI=1S/C60H107N2O6P/c1-6-8-10-12-14-16-18-20-22-24-26-27-28-29-30-31-32-33-34-35-36-38-40-42-44-46-48-50-52-54-60(64)61-58(57-68-69(65,66)67-56-55-62(3,4)5)59(63)53-51-49-47-45-43-41-39-37-25-23-21-19-17-15-13-11-9-7-2/h8,10,14,16,20,22,26-27,29-30,32-33,35-36,51,53,58-59,63H,6-7,9,11-13,15,17-19,21,23-25,28,31,34,37-50,52,54-57H2,1-5H3,(H-,61,64,65,66)/p+1/b10-8-,16-14-,22-20-,27-26-,30-29-,33-32-,36-35-,53-51+. The van der Waals surface area contributed by atoms with Crippen molar-refractivity contribution in [3.63, 3.8) is 0 Å². The van der Waals surface area contributed by atoms with Gasteiger partial charge in [0.25, 0.3) is 0 Å². The third-order valence-corrected chi connectivity index (χ3v) is 13.0. The van der Waals surface area contributed by atoms with E-state index < -0.39 is 20.0 Å². The van der Waals surface area contributed by atoms with Gasteiger partial charge in [-0.2, -0.15) is 0 Å². The van der Waals surface area contributed by atoms with Crippen LogP contribution in [0.2, 0.25) is 0 Å². The number of carbonyl (C=O) groups excluding carboxylic acids is 1. The van der Waals surface area contributed by atoms with Crippen LogP contribution >= 0.6 is 7.82 Å². The van der Waals surface area contributed by atoms with Crippen LogP contribution in [-0.2, 0) is 18.4 Å². The van der Waals surface area contributed by atoms with E-state index in [-0.39, 0.29) is 19.1 Å². The molecule has 0 aliphatic heterocycles. The molecule has 0 heterocycles. The number of amides is 1. The minimum atomic E-state index is -4.36. The van der Waals surface area contributed by atoms with Gasteiger partial charge in [0, 0.05) is 6.42 Å². The minimum absolute atomic E-state index is 0.0544. The summed E-state index contributed by atoms with van der Waals surface area (Å²) in [4.78, 5) is 23.3. The summed E-state index contributed by atoms with van der Waals surface area (Å²) in [5.41, 5.74) is 0. The molecular weight excluding hydrogens is 876 g/mol. The van der Waals surface area contributed by atoms with Crippen molar-refractivity contribution in [3.8, 4) is 0 Å². The van der Waals surface area contributed by atoms with Crippen LogP contribution < -0.4 is 5.32 Å². The minimum Gasteiger partial charge on any atom is -0.387 e. The number of nitrogens with one attached hydrogen (secondary N) is 1. The fraction of sp³-hybridized carbons (Fsp3) is 0.717. The van der Waals surface area contributed by atoms with E-state index in [1.165, 1.54) is 109 Å². The van der Waals surface area contributed by atoms with Crippen molar-refractivity contribution in [1.82, 2.24) is 5.32 Å². The van der Waals surface area contributed by atoms with Gasteiger partial charge in [-0.15, -0.1) is 0 Å². The van der Waals surface area contributed by atoms with E-state index in [1.54, 1.807) is 6.08 Å². The zero-order valence-electron chi connectivity index (χ0n) is 45.3. The molecule has 0 saturated heterocycles. The highest BCUT2D eigenvalue weighted by molar-refractivity contribution is 7.47. The first-order valence-electron chi connectivity index (χ1n) is 28.1. The zero-order valence-corrected chi connectivity index (χ0v) is 46.2. The van der Waals surface area contributed by atoms with E-state index in [0.717, 1.165) is 96.3 Å². The predicted octanol–water partition coefficient (Wildman–Crippen LogP) is 17.0. The second-order valence-corrected chi connectivity index (χ2v) is 21.4. The molecule has 8 nitrogen and oxygen atoms in total. The first kappa shape index (κ1) is 66.4. The van der Waals surface area contributed by atoms with Gasteiger partial charge in [-0.25, -0.2) is 4.57 Å². The number of hydrogen-bond acceptors (Lipinski definition) is 5. The predicted molar refractivity (Wildman–Crippen MR) is 299 cm³/mol. The Morgan fingerprint density at radius 2 is 0.870 bits per heavy atom. The average Bonchev–Trinajstić information content (AvgIpc) is 3.31. The molecule has 0 radical (unpaired) electrons. The lowest BCUT2D eigenvalue weighted by molar-refractivity contribution is -0.870. The Bertz CT molecular complexity index is 1440. The highest BCUT2D eigenvalue weighted by Crippen LogP contribution is 2.43. The number of likely N-dealkylation sites (N-methyl/N-ethyl adjacent to an activating group) is 1. The van der Waals surface area contributed by atoms with Crippen LogP contribution in [0.4, 0.5) is 0 Å². The summed E-state index contributed by atoms with van der Waals surface area (Å²) in [5.74, 6) is -0.191. The first-order valence-corrected chi connectivity index (χ1v) is 29.6.